The maximum Gasteiger partial charge on any atom is 0.227 e. The maximum absolute atomic E-state index is 12.0. The second-order valence-electron chi connectivity index (χ2n) is 5.56. The smallest absolute Gasteiger partial charge is 0.227 e. The van der Waals surface area contributed by atoms with Gasteiger partial charge in [-0.2, -0.15) is 0 Å². The van der Waals surface area contributed by atoms with E-state index in [1.165, 1.54) is 5.56 Å². The number of aromatic hydroxyl groups is 1. The van der Waals surface area contributed by atoms with Crippen molar-refractivity contribution >= 4 is 5.91 Å². The first kappa shape index (κ1) is 13.9. The van der Waals surface area contributed by atoms with Crippen molar-refractivity contribution in [2.24, 2.45) is 11.1 Å². The van der Waals surface area contributed by atoms with Crippen LogP contribution in [0.25, 0.3) is 0 Å². The van der Waals surface area contributed by atoms with Crippen LogP contribution in [0.15, 0.2) is 24.3 Å². The normalized spacial score (nSPS) is 17.8. The van der Waals surface area contributed by atoms with Crippen molar-refractivity contribution in [3.63, 3.8) is 0 Å². The second kappa shape index (κ2) is 5.61. The van der Waals surface area contributed by atoms with Crippen LogP contribution < -0.4 is 11.1 Å². The molecule has 2 rings (SSSR count). The van der Waals surface area contributed by atoms with Gasteiger partial charge in [0.2, 0.25) is 5.91 Å². The number of carbonyl (C=O) groups is 1. The first-order valence-electron chi connectivity index (χ1n) is 6.85. The fraction of sp³-hybridized carbons (Fsp3) is 0.533. The zero-order chi connectivity index (χ0) is 13.9. The Bertz CT molecular complexity index is 438. The molecule has 0 heterocycles. The van der Waals surface area contributed by atoms with Crippen LogP contribution in [0, 0.1) is 5.41 Å². The minimum Gasteiger partial charge on any atom is -0.508 e. The molecule has 4 heteroatoms. The van der Waals surface area contributed by atoms with Gasteiger partial charge in [0.25, 0.3) is 0 Å². The molecule has 1 aromatic carbocycles. The minimum absolute atomic E-state index is 0.105. The summed E-state index contributed by atoms with van der Waals surface area (Å²) in [6.07, 6.45) is 3.61. The number of benzene rings is 1. The number of hydrogen-bond acceptors (Lipinski definition) is 3. The molecule has 0 aliphatic heterocycles. The summed E-state index contributed by atoms with van der Waals surface area (Å²) in [4.78, 5) is 12.0. The van der Waals surface area contributed by atoms with Crippen LogP contribution in [0.2, 0.25) is 0 Å². The number of rotatable bonds is 6. The van der Waals surface area contributed by atoms with Gasteiger partial charge in [-0.3, -0.25) is 4.79 Å². The quantitative estimate of drug-likeness (QED) is 0.728. The third kappa shape index (κ3) is 3.47. The predicted molar refractivity (Wildman–Crippen MR) is 74.8 cm³/mol. The van der Waals surface area contributed by atoms with Crippen molar-refractivity contribution in [1.29, 1.82) is 0 Å². The number of hydrogen-bond donors (Lipinski definition) is 3. The average molecular weight is 262 g/mol. The van der Waals surface area contributed by atoms with E-state index in [1.54, 1.807) is 12.1 Å². The molecule has 1 aromatic rings. The molecule has 1 amide bonds. The number of nitrogens with two attached hydrogens (primary N) is 1. The Kier molecular flexibility index (Phi) is 4.10. The third-order valence-corrected chi connectivity index (χ3v) is 3.91. The van der Waals surface area contributed by atoms with Crippen LogP contribution in [0.3, 0.4) is 0 Å². The molecule has 1 saturated carbocycles. The van der Waals surface area contributed by atoms with Crippen LogP contribution in [0.5, 0.6) is 5.75 Å². The Morgan fingerprint density at radius 1 is 1.42 bits per heavy atom. The Hall–Kier alpha value is -1.55. The van der Waals surface area contributed by atoms with Crippen molar-refractivity contribution in [1.82, 2.24) is 5.32 Å². The molecule has 104 valence electrons. The monoisotopic (exact) mass is 262 g/mol. The zero-order valence-electron chi connectivity index (χ0n) is 11.4. The summed E-state index contributed by atoms with van der Waals surface area (Å²) in [5.74, 6) is 0.386. The lowest BCUT2D eigenvalue weighted by Gasteiger charge is -2.18. The van der Waals surface area contributed by atoms with Gasteiger partial charge in [-0.15, -0.1) is 0 Å². The Balaban J connectivity index is 1.77. The van der Waals surface area contributed by atoms with Gasteiger partial charge in [-0.25, -0.2) is 0 Å². The van der Waals surface area contributed by atoms with E-state index in [4.69, 9.17) is 5.73 Å². The SMILES string of the molecule is CC(CCc1ccc(O)cc1)NC(=O)C1(CN)CC1. The van der Waals surface area contributed by atoms with Gasteiger partial charge in [0.15, 0.2) is 0 Å². The molecule has 4 N–H and O–H groups in total. The molecule has 0 aromatic heterocycles. The molecule has 1 aliphatic carbocycles. The minimum atomic E-state index is -0.271. The molecule has 1 fully saturated rings. The van der Waals surface area contributed by atoms with Crippen molar-refractivity contribution in [3.8, 4) is 5.75 Å². The summed E-state index contributed by atoms with van der Waals surface area (Å²) < 4.78 is 0. The number of carbonyl (C=O) groups excluding carboxylic acids is 1. The van der Waals surface area contributed by atoms with Crippen molar-refractivity contribution < 1.29 is 9.90 Å². The van der Waals surface area contributed by atoms with Gasteiger partial charge in [-0.1, -0.05) is 12.1 Å². The number of phenolic OH excluding ortho intramolecular Hbond substituents is 1. The fourth-order valence-electron chi connectivity index (χ4n) is 2.17. The van der Waals surface area contributed by atoms with E-state index in [2.05, 4.69) is 5.32 Å². The summed E-state index contributed by atoms with van der Waals surface area (Å²) >= 11 is 0. The van der Waals surface area contributed by atoms with E-state index in [9.17, 15) is 9.90 Å². The van der Waals surface area contributed by atoms with E-state index in [0.29, 0.717) is 6.54 Å². The van der Waals surface area contributed by atoms with Crippen molar-refractivity contribution in [2.75, 3.05) is 6.54 Å². The molecular weight excluding hydrogens is 240 g/mol. The summed E-state index contributed by atoms with van der Waals surface area (Å²) in [5.41, 5.74) is 6.53. The highest BCUT2D eigenvalue weighted by Crippen LogP contribution is 2.44. The van der Waals surface area contributed by atoms with Gasteiger partial charge < -0.3 is 16.2 Å². The molecule has 1 aliphatic rings. The number of nitrogens with one attached hydrogen (secondary N) is 1. The molecule has 4 nitrogen and oxygen atoms in total. The molecule has 0 saturated heterocycles. The van der Waals surface area contributed by atoms with Gasteiger partial charge in [-0.05, 0) is 50.3 Å². The molecule has 19 heavy (non-hydrogen) atoms. The Morgan fingerprint density at radius 2 is 2.05 bits per heavy atom. The first-order chi connectivity index (χ1) is 9.05. The number of amides is 1. The molecule has 1 unspecified atom stereocenters. The molecule has 0 radical (unpaired) electrons. The highest BCUT2D eigenvalue weighted by atomic mass is 16.3. The standard InChI is InChI=1S/C15H22N2O2/c1-11(17-14(19)15(10-16)8-9-15)2-3-12-4-6-13(18)7-5-12/h4-7,11,18H,2-3,8-10,16H2,1H3,(H,17,19). The van der Waals surface area contributed by atoms with Gasteiger partial charge in [0, 0.05) is 12.6 Å². The number of aryl methyl sites for hydroxylation is 1. The topological polar surface area (TPSA) is 75.3 Å². The fourth-order valence-corrected chi connectivity index (χ4v) is 2.17. The van der Waals surface area contributed by atoms with Crippen LogP contribution in [0.1, 0.15) is 31.7 Å². The third-order valence-electron chi connectivity index (χ3n) is 3.91. The lowest BCUT2D eigenvalue weighted by Crippen LogP contribution is -2.41. The summed E-state index contributed by atoms with van der Waals surface area (Å²) in [6.45, 7) is 2.47. The first-order valence-corrected chi connectivity index (χ1v) is 6.85. The molecule has 0 spiro atoms. The van der Waals surface area contributed by atoms with E-state index < -0.39 is 0 Å². The zero-order valence-corrected chi connectivity index (χ0v) is 11.4. The van der Waals surface area contributed by atoms with Crippen LogP contribution >= 0.6 is 0 Å². The summed E-state index contributed by atoms with van der Waals surface area (Å²) in [5, 5.41) is 12.3. The average Bonchev–Trinajstić information content (AvgIpc) is 3.19. The maximum atomic E-state index is 12.0. The Labute approximate surface area is 114 Å². The van der Waals surface area contributed by atoms with Crippen LogP contribution in [-0.2, 0) is 11.2 Å². The lowest BCUT2D eigenvalue weighted by molar-refractivity contribution is -0.126. The van der Waals surface area contributed by atoms with Gasteiger partial charge in [0.05, 0.1) is 5.41 Å². The molecule has 0 bridgehead atoms. The van der Waals surface area contributed by atoms with E-state index in [0.717, 1.165) is 25.7 Å². The number of phenols is 1. The largest absolute Gasteiger partial charge is 0.508 e. The van der Waals surface area contributed by atoms with Crippen LogP contribution in [-0.4, -0.2) is 23.6 Å². The second-order valence-corrected chi connectivity index (χ2v) is 5.56. The van der Waals surface area contributed by atoms with Crippen LogP contribution in [0.4, 0.5) is 0 Å². The van der Waals surface area contributed by atoms with Crippen molar-refractivity contribution in [2.45, 2.75) is 38.6 Å². The van der Waals surface area contributed by atoms with E-state index in [1.807, 2.05) is 19.1 Å². The van der Waals surface area contributed by atoms with Gasteiger partial charge in [0.1, 0.15) is 5.75 Å². The summed E-state index contributed by atoms with van der Waals surface area (Å²) in [7, 11) is 0. The predicted octanol–water partition coefficient (Wildman–Crippen LogP) is 1.57. The lowest BCUT2D eigenvalue weighted by atomic mass is 10.0. The summed E-state index contributed by atoms with van der Waals surface area (Å²) in [6, 6.07) is 7.33. The van der Waals surface area contributed by atoms with E-state index in [-0.39, 0.29) is 23.1 Å². The van der Waals surface area contributed by atoms with E-state index >= 15 is 0 Å². The molecular formula is C15H22N2O2. The van der Waals surface area contributed by atoms with Crippen molar-refractivity contribution in [3.05, 3.63) is 29.8 Å². The highest BCUT2D eigenvalue weighted by Gasteiger charge is 2.48. The molecule has 1 atom stereocenters. The highest BCUT2D eigenvalue weighted by molar-refractivity contribution is 5.85. The van der Waals surface area contributed by atoms with Gasteiger partial charge >= 0.3 is 0 Å². The Morgan fingerprint density at radius 3 is 2.58 bits per heavy atom.